The summed E-state index contributed by atoms with van der Waals surface area (Å²) in [5.41, 5.74) is 2.43. The molecule has 0 aliphatic carbocycles. The van der Waals surface area contributed by atoms with Gasteiger partial charge in [0, 0.05) is 25.5 Å². The molecule has 0 unspecified atom stereocenters. The number of carbonyl (C=O) groups excluding carboxylic acids is 1. The lowest BCUT2D eigenvalue weighted by atomic mass is 10.1. The van der Waals surface area contributed by atoms with Gasteiger partial charge < -0.3 is 19.9 Å². The third-order valence-electron chi connectivity index (χ3n) is 5.04. The molecule has 1 aliphatic heterocycles. The minimum atomic E-state index is -1.00. The number of benzene rings is 1. The summed E-state index contributed by atoms with van der Waals surface area (Å²) in [6.45, 7) is 3.75. The summed E-state index contributed by atoms with van der Waals surface area (Å²) in [6, 6.07) is 5.00. The first-order chi connectivity index (χ1) is 13.5. The van der Waals surface area contributed by atoms with Gasteiger partial charge in [0.2, 0.25) is 0 Å². The number of methoxy groups -OCH3 is 1. The number of nitrogens with zero attached hydrogens (tertiary/aromatic N) is 2. The highest BCUT2D eigenvalue weighted by molar-refractivity contribution is 5.95. The van der Waals surface area contributed by atoms with Crippen molar-refractivity contribution in [1.82, 2.24) is 15.1 Å². The summed E-state index contributed by atoms with van der Waals surface area (Å²) in [5.74, 6) is -0.676. The van der Waals surface area contributed by atoms with Gasteiger partial charge in [0.15, 0.2) is 0 Å². The second-order valence-corrected chi connectivity index (χ2v) is 6.77. The number of ether oxygens (including phenoxy) is 2. The normalized spacial score (nSPS) is 14.6. The third kappa shape index (κ3) is 4.33. The van der Waals surface area contributed by atoms with Crippen molar-refractivity contribution in [2.75, 3.05) is 26.9 Å². The first-order valence-electron chi connectivity index (χ1n) is 9.31. The van der Waals surface area contributed by atoms with Crippen LogP contribution < -0.4 is 10.1 Å². The molecule has 2 N–H and O–H groups in total. The van der Waals surface area contributed by atoms with Crippen molar-refractivity contribution in [3.8, 4) is 5.75 Å². The van der Waals surface area contributed by atoms with E-state index in [1.165, 1.54) is 19.2 Å². The van der Waals surface area contributed by atoms with Crippen LogP contribution >= 0.6 is 0 Å². The molecule has 150 valence electrons. The maximum atomic E-state index is 12.6. The molecule has 2 aromatic rings. The molecule has 1 fully saturated rings. The molecular weight excluding hydrogens is 362 g/mol. The topological polar surface area (TPSA) is 103 Å². The molecular formula is C20H25N3O5. The van der Waals surface area contributed by atoms with E-state index in [4.69, 9.17) is 14.6 Å². The maximum absolute atomic E-state index is 12.6. The molecule has 0 radical (unpaired) electrons. The fraction of sp³-hybridized carbons (Fsp3) is 0.450. The summed E-state index contributed by atoms with van der Waals surface area (Å²) in [4.78, 5) is 23.6. The zero-order valence-corrected chi connectivity index (χ0v) is 16.1. The van der Waals surface area contributed by atoms with Crippen molar-refractivity contribution in [3.63, 3.8) is 0 Å². The van der Waals surface area contributed by atoms with Gasteiger partial charge in [0.25, 0.3) is 5.91 Å². The molecule has 8 heteroatoms. The molecule has 0 spiro atoms. The lowest BCUT2D eigenvalue weighted by Crippen LogP contribution is -2.27. The van der Waals surface area contributed by atoms with E-state index in [0.29, 0.717) is 37.5 Å². The van der Waals surface area contributed by atoms with Gasteiger partial charge in [-0.1, -0.05) is 6.07 Å². The van der Waals surface area contributed by atoms with Gasteiger partial charge in [-0.2, -0.15) is 5.10 Å². The third-order valence-corrected chi connectivity index (χ3v) is 5.04. The van der Waals surface area contributed by atoms with Gasteiger partial charge in [0.05, 0.1) is 30.5 Å². The van der Waals surface area contributed by atoms with Crippen LogP contribution in [0.5, 0.6) is 5.75 Å². The number of hydrogen-bond donors (Lipinski definition) is 2. The summed E-state index contributed by atoms with van der Waals surface area (Å²) in [6.07, 6.45) is 3.94. The van der Waals surface area contributed by atoms with E-state index in [1.807, 2.05) is 11.6 Å². The van der Waals surface area contributed by atoms with E-state index in [9.17, 15) is 9.59 Å². The molecule has 8 nitrogen and oxygen atoms in total. The minimum Gasteiger partial charge on any atom is -0.496 e. The van der Waals surface area contributed by atoms with Crippen LogP contribution in [0.3, 0.4) is 0 Å². The van der Waals surface area contributed by atoms with Crippen LogP contribution in [0.25, 0.3) is 0 Å². The first kappa shape index (κ1) is 19.9. The zero-order valence-electron chi connectivity index (χ0n) is 16.1. The quantitative estimate of drug-likeness (QED) is 0.755. The van der Waals surface area contributed by atoms with E-state index >= 15 is 0 Å². The van der Waals surface area contributed by atoms with Gasteiger partial charge >= 0.3 is 5.97 Å². The number of carbonyl (C=O) groups is 2. The molecule has 1 aliphatic rings. The van der Waals surface area contributed by atoms with Crippen LogP contribution in [0.2, 0.25) is 0 Å². The SMILES string of the molecule is COc1cc(C(=O)O)ccc1CCNC(=O)c1cnn(C2CCOCC2)c1C. The van der Waals surface area contributed by atoms with Crippen molar-refractivity contribution >= 4 is 11.9 Å². The summed E-state index contributed by atoms with van der Waals surface area (Å²) >= 11 is 0. The Morgan fingerprint density at radius 3 is 2.79 bits per heavy atom. The Labute approximate surface area is 163 Å². The average Bonchev–Trinajstić information content (AvgIpc) is 3.10. The molecule has 1 amide bonds. The number of carboxylic acids is 1. The standard InChI is InChI=1S/C20H25N3O5/c1-13-17(12-22-23(13)16-6-9-28-10-7-16)19(24)21-8-5-14-3-4-15(20(25)26)11-18(14)27-2/h3-4,11-12,16H,5-10H2,1-2H3,(H,21,24)(H,25,26). The van der Waals surface area contributed by atoms with E-state index in [1.54, 1.807) is 12.3 Å². The number of nitrogens with one attached hydrogen (secondary N) is 1. The number of aromatic nitrogens is 2. The summed E-state index contributed by atoms with van der Waals surface area (Å²) in [7, 11) is 1.50. The molecule has 1 saturated heterocycles. The Kier molecular flexibility index (Phi) is 6.30. The van der Waals surface area contributed by atoms with Crippen LogP contribution in [0.1, 0.15) is 50.9 Å². The van der Waals surface area contributed by atoms with Gasteiger partial charge in [-0.3, -0.25) is 9.48 Å². The fourth-order valence-corrected chi connectivity index (χ4v) is 3.43. The minimum absolute atomic E-state index is 0.167. The number of aromatic carboxylic acids is 1. The molecule has 1 aromatic carbocycles. The number of rotatable bonds is 7. The van der Waals surface area contributed by atoms with Crippen LogP contribution in [-0.2, 0) is 11.2 Å². The van der Waals surface area contributed by atoms with Gasteiger partial charge in [0.1, 0.15) is 5.75 Å². The van der Waals surface area contributed by atoms with E-state index < -0.39 is 5.97 Å². The van der Waals surface area contributed by atoms with Crippen molar-refractivity contribution in [2.45, 2.75) is 32.2 Å². The Morgan fingerprint density at radius 1 is 1.36 bits per heavy atom. The van der Waals surface area contributed by atoms with Crippen molar-refractivity contribution in [3.05, 3.63) is 46.8 Å². The van der Waals surface area contributed by atoms with Crippen LogP contribution in [0, 0.1) is 6.92 Å². The van der Waals surface area contributed by atoms with Crippen molar-refractivity contribution < 1.29 is 24.2 Å². The Morgan fingerprint density at radius 2 is 2.11 bits per heavy atom. The smallest absolute Gasteiger partial charge is 0.335 e. The van der Waals surface area contributed by atoms with E-state index in [-0.39, 0.29) is 17.5 Å². The second-order valence-electron chi connectivity index (χ2n) is 6.77. The fourth-order valence-electron chi connectivity index (χ4n) is 3.43. The lowest BCUT2D eigenvalue weighted by Gasteiger charge is -2.23. The molecule has 0 bridgehead atoms. The molecule has 1 aromatic heterocycles. The van der Waals surface area contributed by atoms with Crippen LogP contribution in [0.4, 0.5) is 0 Å². The second kappa shape index (κ2) is 8.88. The van der Waals surface area contributed by atoms with E-state index in [0.717, 1.165) is 24.1 Å². The summed E-state index contributed by atoms with van der Waals surface area (Å²) in [5, 5.41) is 16.4. The van der Waals surface area contributed by atoms with Gasteiger partial charge in [-0.15, -0.1) is 0 Å². The molecule has 0 saturated carbocycles. The van der Waals surface area contributed by atoms with Crippen molar-refractivity contribution in [2.24, 2.45) is 0 Å². The zero-order chi connectivity index (χ0) is 20.1. The van der Waals surface area contributed by atoms with Gasteiger partial charge in [-0.25, -0.2) is 4.79 Å². The Balaban J connectivity index is 1.60. The Bertz CT molecular complexity index is 856. The van der Waals surface area contributed by atoms with Crippen LogP contribution in [0.15, 0.2) is 24.4 Å². The summed E-state index contributed by atoms with van der Waals surface area (Å²) < 4.78 is 12.6. The van der Waals surface area contributed by atoms with E-state index in [2.05, 4.69) is 10.4 Å². The van der Waals surface area contributed by atoms with Crippen LogP contribution in [-0.4, -0.2) is 53.6 Å². The largest absolute Gasteiger partial charge is 0.496 e. The van der Waals surface area contributed by atoms with Gasteiger partial charge in [-0.05, 0) is 43.9 Å². The highest BCUT2D eigenvalue weighted by Crippen LogP contribution is 2.23. The molecule has 2 heterocycles. The molecule has 0 atom stereocenters. The van der Waals surface area contributed by atoms with Crippen molar-refractivity contribution in [1.29, 1.82) is 0 Å². The lowest BCUT2D eigenvalue weighted by molar-refractivity contribution is 0.0656. The highest BCUT2D eigenvalue weighted by atomic mass is 16.5. The Hall–Kier alpha value is -2.87. The predicted molar refractivity (Wildman–Crippen MR) is 102 cm³/mol. The molecule has 28 heavy (non-hydrogen) atoms. The maximum Gasteiger partial charge on any atom is 0.335 e. The number of hydrogen-bond acceptors (Lipinski definition) is 5. The highest BCUT2D eigenvalue weighted by Gasteiger charge is 2.21. The average molecular weight is 387 g/mol. The number of amides is 1. The predicted octanol–water partition coefficient (Wildman–Crippen LogP) is 2.22. The number of carboxylic acid groups (broad SMARTS) is 1. The molecule has 3 rings (SSSR count). The first-order valence-corrected chi connectivity index (χ1v) is 9.31. The monoisotopic (exact) mass is 387 g/mol.